The normalized spacial score (nSPS) is 50.4. The highest BCUT2D eigenvalue weighted by Gasteiger charge is 2.55. The van der Waals surface area contributed by atoms with Gasteiger partial charge in [-0.25, -0.2) is 0 Å². The third-order valence-corrected chi connectivity index (χ3v) is 6.52. The lowest BCUT2D eigenvalue weighted by molar-refractivity contribution is -0.131. The molecule has 0 amide bonds. The van der Waals surface area contributed by atoms with E-state index in [9.17, 15) is 5.11 Å². The fourth-order valence-electron chi connectivity index (χ4n) is 5.05. The van der Waals surface area contributed by atoms with E-state index in [-0.39, 0.29) is 5.41 Å². The number of fused-ring (bicyclic) bond motifs is 2. The van der Waals surface area contributed by atoms with Gasteiger partial charge in [0.05, 0.1) is 5.60 Å². The average Bonchev–Trinajstić information content (AvgIpc) is 2.78. The molecule has 0 aromatic carbocycles. The Balaban J connectivity index is 1.78. The number of nitrogens with two attached hydrogens (primary N) is 1. The van der Waals surface area contributed by atoms with Gasteiger partial charge in [0.25, 0.3) is 0 Å². The summed E-state index contributed by atoms with van der Waals surface area (Å²) in [5, 5.41) is 15.0. The van der Waals surface area contributed by atoms with E-state index in [0.717, 1.165) is 31.6 Å². The van der Waals surface area contributed by atoms with Crippen molar-refractivity contribution >= 4 is 0 Å². The maximum absolute atomic E-state index is 11.4. The second kappa shape index (κ2) is 5.01. The van der Waals surface area contributed by atoms with E-state index in [2.05, 4.69) is 12.2 Å². The molecule has 4 N–H and O–H groups in total. The van der Waals surface area contributed by atoms with Gasteiger partial charge in [0.2, 0.25) is 0 Å². The summed E-state index contributed by atoms with van der Waals surface area (Å²) >= 11 is 0. The van der Waals surface area contributed by atoms with Gasteiger partial charge in [-0.15, -0.1) is 0 Å². The van der Waals surface area contributed by atoms with E-state index in [1.807, 2.05) is 0 Å². The van der Waals surface area contributed by atoms with Crippen LogP contribution in [0.1, 0.15) is 64.7 Å². The van der Waals surface area contributed by atoms with Gasteiger partial charge in [-0.3, -0.25) is 0 Å². The van der Waals surface area contributed by atoms with E-state index in [0.29, 0.717) is 18.6 Å². The van der Waals surface area contributed by atoms with Crippen molar-refractivity contribution in [1.82, 2.24) is 5.32 Å². The topological polar surface area (TPSA) is 58.3 Å². The van der Waals surface area contributed by atoms with Crippen molar-refractivity contribution in [1.29, 1.82) is 0 Å². The number of hydrogen-bond acceptors (Lipinski definition) is 3. The average molecular weight is 266 g/mol. The minimum absolute atomic E-state index is 0.00160. The van der Waals surface area contributed by atoms with E-state index in [4.69, 9.17) is 5.73 Å². The lowest BCUT2D eigenvalue weighted by Gasteiger charge is -2.53. The molecule has 2 unspecified atom stereocenters. The molecule has 2 bridgehead atoms. The fraction of sp³-hybridized carbons (Fsp3) is 1.00. The van der Waals surface area contributed by atoms with E-state index < -0.39 is 5.60 Å². The van der Waals surface area contributed by atoms with Gasteiger partial charge in [-0.05, 0) is 57.3 Å². The van der Waals surface area contributed by atoms with Gasteiger partial charge in [0.1, 0.15) is 0 Å². The molecule has 0 aromatic heterocycles. The summed E-state index contributed by atoms with van der Waals surface area (Å²) in [4.78, 5) is 0. The summed E-state index contributed by atoms with van der Waals surface area (Å²) < 4.78 is 0. The van der Waals surface area contributed by atoms with Crippen molar-refractivity contribution in [2.24, 2.45) is 17.1 Å². The number of rotatable bonds is 3. The Labute approximate surface area is 117 Å². The maximum atomic E-state index is 11.4. The van der Waals surface area contributed by atoms with Crippen LogP contribution in [0.5, 0.6) is 0 Å². The van der Waals surface area contributed by atoms with Crippen LogP contribution in [0.3, 0.4) is 0 Å². The summed E-state index contributed by atoms with van der Waals surface area (Å²) in [7, 11) is 0. The molecule has 1 aliphatic carbocycles. The fourth-order valence-corrected chi connectivity index (χ4v) is 5.05. The summed E-state index contributed by atoms with van der Waals surface area (Å²) in [5.41, 5.74) is 5.67. The highest BCUT2D eigenvalue weighted by atomic mass is 16.3. The smallest absolute Gasteiger partial charge is 0.0745 e. The molecule has 3 fully saturated rings. The molecule has 0 aromatic rings. The molecule has 110 valence electrons. The van der Waals surface area contributed by atoms with Crippen LogP contribution in [0.25, 0.3) is 0 Å². The molecule has 1 saturated carbocycles. The molecule has 2 heterocycles. The van der Waals surface area contributed by atoms with Crippen molar-refractivity contribution in [3.8, 4) is 0 Å². The summed E-state index contributed by atoms with van der Waals surface area (Å²) in [6, 6.07) is 1.08. The van der Waals surface area contributed by atoms with Gasteiger partial charge in [0, 0.05) is 24.0 Å². The molecule has 2 atom stereocenters. The lowest BCUT2D eigenvalue weighted by atomic mass is 9.57. The first-order chi connectivity index (χ1) is 9.11. The first kappa shape index (κ1) is 13.8. The van der Waals surface area contributed by atoms with Crippen LogP contribution in [0.2, 0.25) is 0 Å². The predicted molar refractivity (Wildman–Crippen MR) is 77.9 cm³/mol. The van der Waals surface area contributed by atoms with E-state index in [1.165, 1.54) is 32.1 Å². The number of hydrogen-bond donors (Lipinski definition) is 3. The van der Waals surface area contributed by atoms with Gasteiger partial charge in [0.15, 0.2) is 0 Å². The number of nitrogens with one attached hydrogen (secondary N) is 1. The Morgan fingerprint density at radius 3 is 2.16 bits per heavy atom. The van der Waals surface area contributed by atoms with Crippen molar-refractivity contribution < 1.29 is 5.11 Å². The highest BCUT2D eigenvalue weighted by molar-refractivity contribution is 5.10. The number of aliphatic hydroxyl groups is 1. The maximum Gasteiger partial charge on any atom is 0.0745 e. The zero-order chi connectivity index (χ0) is 13.5. The zero-order valence-corrected chi connectivity index (χ0v) is 12.3. The van der Waals surface area contributed by atoms with Crippen LogP contribution in [-0.2, 0) is 0 Å². The van der Waals surface area contributed by atoms with Gasteiger partial charge >= 0.3 is 0 Å². The quantitative estimate of drug-likeness (QED) is 0.734. The van der Waals surface area contributed by atoms with Gasteiger partial charge in [-0.2, -0.15) is 0 Å². The van der Waals surface area contributed by atoms with Crippen molar-refractivity contribution in [3.63, 3.8) is 0 Å². The molecule has 3 rings (SSSR count). The van der Waals surface area contributed by atoms with Crippen LogP contribution in [0.15, 0.2) is 0 Å². The molecule has 0 spiro atoms. The monoisotopic (exact) mass is 266 g/mol. The molecule has 2 aliphatic heterocycles. The van der Waals surface area contributed by atoms with Crippen molar-refractivity contribution in [2.75, 3.05) is 6.54 Å². The second-order valence-electron chi connectivity index (χ2n) is 7.41. The van der Waals surface area contributed by atoms with Crippen LogP contribution in [0.4, 0.5) is 0 Å². The largest absolute Gasteiger partial charge is 0.389 e. The van der Waals surface area contributed by atoms with Gasteiger partial charge in [-0.1, -0.05) is 13.3 Å². The Bertz CT molecular complexity index is 311. The Kier molecular flexibility index (Phi) is 3.65. The van der Waals surface area contributed by atoms with E-state index >= 15 is 0 Å². The molecular formula is C16H30N2O. The molecule has 3 aliphatic rings. The summed E-state index contributed by atoms with van der Waals surface area (Å²) in [5.74, 6) is 0.863. The minimum Gasteiger partial charge on any atom is -0.389 e. The van der Waals surface area contributed by atoms with Crippen molar-refractivity contribution in [3.05, 3.63) is 0 Å². The standard InChI is InChI=1S/C16H30N2O/c1-2-12-5-7-15(11-17,8-6-12)16(19)9-13-3-4-14(10-16)18-13/h12-14,18-19H,2-11,17H2,1H3. The molecule has 19 heavy (non-hydrogen) atoms. The lowest BCUT2D eigenvalue weighted by Crippen LogP contribution is -2.61. The van der Waals surface area contributed by atoms with Crippen molar-refractivity contribution in [2.45, 2.75) is 82.4 Å². The highest BCUT2D eigenvalue weighted by Crippen LogP contribution is 2.52. The first-order valence-electron chi connectivity index (χ1n) is 8.29. The third-order valence-electron chi connectivity index (χ3n) is 6.52. The zero-order valence-electron chi connectivity index (χ0n) is 12.3. The van der Waals surface area contributed by atoms with Crippen LogP contribution >= 0.6 is 0 Å². The third kappa shape index (κ3) is 2.24. The molecular weight excluding hydrogens is 236 g/mol. The summed E-state index contributed by atoms with van der Waals surface area (Å²) in [6.45, 7) is 2.96. The second-order valence-corrected chi connectivity index (χ2v) is 7.41. The van der Waals surface area contributed by atoms with Crippen LogP contribution < -0.4 is 11.1 Å². The van der Waals surface area contributed by atoms with E-state index in [1.54, 1.807) is 0 Å². The Morgan fingerprint density at radius 1 is 1.11 bits per heavy atom. The molecule has 3 heteroatoms. The molecule has 2 saturated heterocycles. The van der Waals surface area contributed by atoms with Crippen LogP contribution in [-0.4, -0.2) is 29.3 Å². The summed E-state index contributed by atoms with van der Waals surface area (Å²) in [6.07, 6.45) is 10.4. The first-order valence-corrected chi connectivity index (χ1v) is 8.29. The predicted octanol–water partition coefficient (Wildman–Crippen LogP) is 2.18. The Morgan fingerprint density at radius 2 is 1.68 bits per heavy atom. The molecule has 3 nitrogen and oxygen atoms in total. The Hall–Kier alpha value is -0.120. The number of piperidine rings is 1. The van der Waals surface area contributed by atoms with Crippen LogP contribution in [0, 0.1) is 11.3 Å². The van der Waals surface area contributed by atoms with Gasteiger partial charge < -0.3 is 16.2 Å². The SMILES string of the molecule is CCC1CCC(CN)(C2(O)CC3CCC(C2)N3)CC1. The minimum atomic E-state index is -0.502. The molecule has 0 radical (unpaired) electrons.